The monoisotopic (exact) mass is 575 g/mol. The van der Waals surface area contributed by atoms with E-state index >= 15 is 0 Å². The van der Waals surface area contributed by atoms with Crippen molar-refractivity contribution in [2.24, 2.45) is 0 Å². The van der Waals surface area contributed by atoms with Crippen molar-refractivity contribution in [2.75, 3.05) is 27.9 Å². The first kappa shape index (κ1) is 33.5. The van der Waals surface area contributed by atoms with Crippen LogP contribution in [0.15, 0.2) is 42.5 Å². The Morgan fingerprint density at radius 2 is 1.41 bits per heavy atom. The molecule has 0 saturated heterocycles. The number of hydrogen-bond acceptors (Lipinski definition) is 9. The van der Waals surface area contributed by atoms with Crippen molar-refractivity contribution in [1.82, 2.24) is 15.8 Å². The largest absolute Gasteiger partial charge is 0.493 e. The zero-order valence-corrected chi connectivity index (χ0v) is 25.6. The van der Waals surface area contributed by atoms with Gasteiger partial charge in [0.25, 0.3) is 0 Å². The minimum atomic E-state index is -1.14. The summed E-state index contributed by atoms with van der Waals surface area (Å²) in [6, 6.07) is 12.2. The molecule has 2 aromatic carbocycles. The molecule has 2 rings (SSSR count). The lowest BCUT2D eigenvalue weighted by atomic mass is 10.0. The summed E-state index contributed by atoms with van der Waals surface area (Å²) in [5.41, 5.74) is 2.80. The SMILES string of the molecule is COc1ccc(CN(C[C@H](O)[C@H](Cc2ccccc2)NC(=O)OC(C)(C)C)NC(=O)OC(C)(C)C)c(OC)c1OC. The smallest absolute Gasteiger partial charge is 0.422 e. The Balaban J connectivity index is 2.39. The van der Waals surface area contributed by atoms with Crippen molar-refractivity contribution in [3.63, 3.8) is 0 Å². The van der Waals surface area contributed by atoms with E-state index in [0.717, 1.165) is 5.56 Å². The van der Waals surface area contributed by atoms with Crippen LogP contribution in [-0.2, 0) is 22.4 Å². The zero-order valence-electron chi connectivity index (χ0n) is 25.6. The van der Waals surface area contributed by atoms with Crippen LogP contribution in [0.3, 0.4) is 0 Å². The summed E-state index contributed by atoms with van der Waals surface area (Å²) in [4.78, 5) is 25.5. The van der Waals surface area contributed by atoms with Gasteiger partial charge < -0.3 is 34.1 Å². The van der Waals surface area contributed by atoms with Gasteiger partial charge in [0.2, 0.25) is 5.75 Å². The molecular formula is C30H45N3O8. The van der Waals surface area contributed by atoms with Crippen LogP contribution in [0, 0.1) is 0 Å². The van der Waals surface area contributed by atoms with E-state index in [2.05, 4.69) is 10.7 Å². The van der Waals surface area contributed by atoms with Gasteiger partial charge in [0, 0.05) is 18.7 Å². The second-order valence-electron chi connectivity index (χ2n) is 11.5. The molecule has 0 heterocycles. The Labute approximate surface area is 243 Å². The van der Waals surface area contributed by atoms with E-state index in [-0.39, 0.29) is 13.1 Å². The quantitative estimate of drug-likeness (QED) is 0.315. The third-order valence-electron chi connectivity index (χ3n) is 5.67. The summed E-state index contributed by atoms with van der Waals surface area (Å²) < 4.78 is 27.4. The van der Waals surface area contributed by atoms with Crippen LogP contribution in [0.4, 0.5) is 9.59 Å². The first-order valence-electron chi connectivity index (χ1n) is 13.4. The third kappa shape index (κ3) is 11.4. The van der Waals surface area contributed by atoms with E-state index < -0.39 is 35.5 Å². The maximum absolute atomic E-state index is 12.8. The van der Waals surface area contributed by atoms with Gasteiger partial charge in [-0.05, 0) is 65.7 Å². The fourth-order valence-electron chi connectivity index (χ4n) is 4.04. The van der Waals surface area contributed by atoms with E-state index in [4.69, 9.17) is 23.7 Å². The van der Waals surface area contributed by atoms with Crippen LogP contribution < -0.4 is 25.0 Å². The van der Waals surface area contributed by atoms with Gasteiger partial charge in [-0.15, -0.1) is 0 Å². The molecule has 0 bridgehead atoms. The van der Waals surface area contributed by atoms with Crippen molar-refractivity contribution in [2.45, 2.75) is 77.9 Å². The number of carbonyl (C=O) groups is 2. The maximum atomic E-state index is 12.8. The molecule has 2 atom stereocenters. The van der Waals surface area contributed by atoms with E-state index in [1.807, 2.05) is 30.3 Å². The zero-order chi connectivity index (χ0) is 30.8. The standard InChI is InChI=1S/C30H45N3O8/c1-29(2,3)40-27(35)31-22(17-20-13-11-10-12-14-20)23(34)19-33(32-28(36)41-30(4,5)6)18-21-15-16-24(37-7)26(39-9)25(21)38-8/h10-16,22-23,34H,17-19H2,1-9H3,(H,31,35)(H,32,36)/t22-,23-/m0/s1. The van der Waals surface area contributed by atoms with Crippen LogP contribution in [0.5, 0.6) is 17.2 Å². The minimum absolute atomic E-state index is 0.0793. The Bertz CT molecular complexity index is 1130. The summed E-state index contributed by atoms with van der Waals surface area (Å²) in [7, 11) is 4.53. The molecule has 0 aromatic heterocycles. The molecule has 11 nitrogen and oxygen atoms in total. The van der Waals surface area contributed by atoms with Crippen molar-refractivity contribution in [3.8, 4) is 17.2 Å². The van der Waals surface area contributed by atoms with Crippen molar-refractivity contribution >= 4 is 12.2 Å². The maximum Gasteiger partial charge on any atom is 0.422 e. The lowest BCUT2D eigenvalue weighted by Gasteiger charge is -2.32. The van der Waals surface area contributed by atoms with Gasteiger partial charge in [0.15, 0.2) is 11.5 Å². The lowest BCUT2D eigenvalue weighted by molar-refractivity contribution is 0.0104. The second kappa shape index (κ2) is 14.8. The Hall–Kier alpha value is -3.70. The molecule has 0 aliphatic heterocycles. The number of aliphatic hydroxyl groups excluding tert-OH is 1. The van der Waals surface area contributed by atoms with E-state index in [0.29, 0.717) is 29.2 Å². The topological polar surface area (TPSA) is 128 Å². The average Bonchev–Trinajstić information content (AvgIpc) is 2.86. The van der Waals surface area contributed by atoms with Gasteiger partial charge in [-0.25, -0.2) is 14.6 Å². The number of methoxy groups -OCH3 is 3. The van der Waals surface area contributed by atoms with E-state index in [9.17, 15) is 14.7 Å². The molecule has 228 valence electrons. The average molecular weight is 576 g/mol. The summed E-state index contributed by atoms with van der Waals surface area (Å²) in [5.74, 6) is 1.27. The lowest BCUT2D eigenvalue weighted by Crippen LogP contribution is -2.54. The van der Waals surface area contributed by atoms with Gasteiger partial charge in [-0.3, -0.25) is 5.43 Å². The number of aliphatic hydroxyl groups is 1. The predicted octanol–water partition coefficient (Wildman–Crippen LogP) is 4.45. The normalized spacial score (nSPS) is 13.1. The van der Waals surface area contributed by atoms with Crippen molar-refractivity contribution in [3.05, 3.63) is 53.6 Å². The number of nitrogens with zero attached hydrogens (tertiary/aromatic N) is 1. The Morgan fingerprint density at radius 3 is 1.95 bits per heavy atom. The molecule has 2 aromatic rings. The van der Waals surface area contributed by atoms with Crippen LogP contribution in [0.2, 0.25) is 0 Å². The fraction of sp³-hybridized carbons (Fsp3) is 0.533. The highest BCUT2D eigenvalue weighted by Crippen LogP contribution is 2.40. The molecule has 0 aliphatic carbocycles. The molecule has 11 heteroatoms. The van der Waals surface area contributed by atoms with E-state index in [1.54, 1.807) is 53.7 Å². The molecule has 41 heavy (non-hydrogen) atoms. The van der Waals surface area contributed by atoms with Gasteiger partial charge in [-0.1, -0.05) is 30.3 Å². The number of rotatable bonds is 12. The number of alkyl carbamates (subject to hydrolysis) is 1. The number of amides is 2. The van der Waals surface area contributed by atoms with Gasteiger partial charge in [-0.2, -0.15) is 0 Å². The van der Waals surface area contributed by atoms with Crippen LogP contribution in [0.1, 0.15) is 52.7 Å². The van der Waals surface area contributed by atoms with Crippen molar-refractivity contribution in [1.29, 1.82) is 0 Å². The van der Waals surface area contributed by atoms with E-state index in [1.165, 1.54) is 26.3 Å². The van der Waals surface area contributed by atoms with Gasteiger partial charge in [0.1, 0.15) is 11.2 Å². The first-order chi connectivity index (χ1) is 19.2. The Morgan fingerprint density at radius 1 is 0.829 bits per heavy atom. The number of benzene rings is 2. The number of carbonyl (C=O) groups excluding carboxylic acids is 2. The number of hydrazine groups is 1. The number of ether oxygens (including phenoxy) is 5. The highest BCUT2D eigenvalue weighted by Gasteiger charge is 2.29. The van der Waals surface area contributed by atoms with Crippen LogP contribution >= 0.6 is 0 Å². The molecule has 0 aliphatic rings. The molecule has 2 amide bonds. The molecule has 0 unspecified atom stereocenters. The van der Waals surface area contributed by atoms with Crippen LogP contribution in [-0.4, -0.2) is 73.5 Å². The molecule has 0 spiro atoms. The summed E-state index contributed by atoms with van der Waals surface area (Å²) in [5, 5.41) is 15.7. The van der Waals surface area contributed by atoms with Crippen LogP contribution in [0.25, 0.3) is 0 Å². The summed E-state index contributed by atoms with van der Waals surface area (Å²) >= 11 is 0. The van der Waals surface area contributed by atoms with Gasteiger partial charge in [0.05, 0.1) is 33.5 Å². The minimum Gasteiger partial charge on any atom is -0.493 e. The summed E-state index contributed by atoms with van der Waals surface area (Å²) in [6.45, 7) is 10.6. The molecule has 0 saturated carbocycles. The fourth-order valence-corrected chi connectivity index (χ4v) is 4.04. The highest BCUT2D eigenvalue weighted by molar-refractivity contribution is 5.68. The molecule has 0 radical (unpaired) electrons. The summed E-state index contributed by atoms with van der Waals surface area (Å²) in [6.07, 6.45) is -2.18. The predicted molar refractivity (Wildman–Crippen MR) is 155 cm³/mol. The first-order valence-corrected chi connectivity index (χ1v) is 13.4. The number of hydrogen-bond donors (Lipinski definition) is 3. The van der Waals surface area contributed by atoms with Crippen molar-refractivity contribution < 1.29 is 38.4 Å². The third-order valence-corrected chi connectivity index (χ3v) is 5.67. The molecular weight excluding hydrogens is 530 g/mol. The Kier molecular flexibility index (Phi) is 12.1. The molecule has 3 N–H and O–H groups in total. The second-order valence-corrected chi connectivity index (χ2v) is 11.5. The number of nitrogens with one attached hydrogen (secondary N) is 2. The van der Waals surface area contributed by atoms with Gasteiger partial charge >= 0.3 is 12.2 Å². The molecule has 0 fully saturated rings. The highest BCUT2D eigenvalue weighted by atomic mass is 16.6.